The van der Waals surface area contributed by atoms with Crippen LogP contribution in [0.15, 0.2) is 12.2 Å². The van der Waals surface area contributed by atoms with Gasteiger partial charge in [-0.2, -0.15) is 0 Å². The summed E-state index contributed by atoms with van der Waals surface area (Å²) in [5.41, 5.74) is 5.43. The molecule has 0 radical (unpaired) electrons. The molecule has 1 aliphatic heterocycles. The number of carboxylic acids is 1. The first-order valence-corrected chi connectivity index (χ1v) is 9.18. The van der Waals surface area contributed by atoms with Crippen molar-refractivity contribution in [3.8, 4) is 0 Å². The van der Waals surface area contributed by atoms with Gasteiger partial charge in [-0.25, -0.2) is 0 Å². The van der Waals surface area contributed by atoms with Gasteiger partial charge in [0.05, 0.1) is 0 Å². The summed E-state index contributed by atoms with van der Waals surface area (Å²) in [6, 6.07) is -0.842. The first kappa shape index (κ1) is 20.1. The van der Waals surface area contributed by atoms with E-state index in [9.17, 15) is 19.2 Å². The average molecular weight is 365 g/mol. The van der Waals surface area contributed by atoms with Crippen LogP contribution in [-0.4, -0.2) is 52.8 Å². The van der Waals surface area contributed by atoms with Crippen molar-refractivity contribution in [1.29, 1.82) is 0 Å². The van der Waals surface area contributed by atoms with Crippen LogP contribution in [0.3, 0.4) is 0 Å². The number of aliphatic carboxylic acids is 1. The van der Waals surface area contributed by atoms with Crippen molar-refractivity contribution in [3.63, 3.8) is 0 Å². The highest BCUT2D eigenvalue weighted by Crippen LogP contribution is 2.30. The van der Waals surface area contributed by atoms with E-state index in [-0.39, 0.29) is 29.6 Å². The van der Waals surface area contributed by atoms with Crippen molar-refractivity contribution in [1.82, 2.24) is 10.2 Å². The highest BCUT2D eigenvalue weighted by molar-refractivity contribution is 6.12. The molecular formula is C18H27N3O5. The Morgan fingerprint density at radius 3 is 2.35 bits per heavy atom. The first-order chi connectivity index (χ1) is 12.4. The Hall–Kier alpha value is -2.22. The van der Waals surface area contributed by atoms with Gasteiger partial charge in [0, 0.05) is 31.2 Å². The van der Waals surface area contributed by atoms with Gasteiger partial charge >= 0.3 is 5.97 Å². The van der Waals surface area contributed by atoms with Gasteiger partial charge in [-0.15, -0.1) is 0 Å². The number of nitrogens with two attached hydrogens (primary N) is 1. The van der Waals surface area contributed by atoms with Gasteiger partial charge in [0.25, 0.3) is 11.8 Å². The summed E-state index contributed by atoms with van der Waals surface area (Å²) >= 11 is 0. The Bertz CT molecular complexity index is 563. The molecule has 1 heterocycles. The van der Waals surface area contributed by atoms with Crippen molar-refractivity contribution in [3.05, 3.63) is 12.2 Å². The molecule has 0 aromatic rings. The van der Waals surface area contributed by atoms with Crippen molar-refractivity contribution in [2.75, 3.05) is 13.1 Å². The van der Waals surface area contributed by atoms with E-state index in [4.69, 9.17) is 10.8 Å². The third-order valence-corrected chi connectivity index (χ3v) is 5.12. The lowest BCUT2D eigenvalue weighted by atomic mass is 9.81. The monoisotopic (exact) mass is 365 g/mol. The molecule has 144 valence electrons. The molecule has 0 bridgehead atoms. The molecule has 2 aliphatic rings. The maximum absolute atomic E-state index is 12.2. The molecule has 4 N–H and O–H groups in total. The zero-order valence-corrected chi connectivity index (χ0v) is 14.9. The zero-order valence-electron chi connectivity index (χ0n) is 14.9. The maximum atomic E-state index is 12.2. The Balaban J connectivity index is 1.60. The molecule has 1 atom stereocenters. The Morgan fingerprint density at radius 1 is 1.15 bits per heavy atom. The van der Waals surface area contributed by atoms with E-state index >= 15 is 0 Å². The lowest BCUT2D eigenvalue weighted by Gasteiger charge is -2.30. The van der Waals surface area contributed by atoms with E-state index in [1.165, 1.54) is 17.1 Å². The maximum Gasteiger partial charge on any atom is 0.320 e. The molecule has 0 aromatic carbocycles. The summed E-state index contributed by atoms with van der Waals surface area (Å²) in [5.74, 6) is -1.25. The van der Waals surface area contributed by atoms with E-state index < -0.39 is 12.0 Å². The quantitative estimate of drug-likeness (QED) is 0.401. The summed E-state index contributed by atoms with van der Waals surface area (Å²) in [5, 5.41) is 11.6. The third kappa shape index (κ3) is 5.66. The van der Waals surface area contributed by atoms with Gasteiger partial charge in [-0.1, -0.05) is 0 Å². The highest BCUT2D eigenvalue weighted by Gasteiger charge is 2.31. The second-order valence-corrected chi connectivity index (χ2v) is 7.07. The van der Waals surface area contributed by atoms with E-state index in [1.54, 1.807) is 0 Å². The van der Waals surface area contributed by atoms with Crippen molar-refractivity contribution >= 4 is 23.7 Å². The number of nitrogens with one attached hydrogen (secondary N) is 1. The van der Waals surface area contributed by atoms with Crippen LogP contribution in [-0.2, 0) is 19.2 Å². The van der Waals surface area contributed by atoms with Crippen LogP contribution >= 0.6 is 0 Å². The molecule has 1 saturated carbocycles. The topological polar surface area (TPSA) is 130 Å². The molecule has 3 amide bonds. The zero-order chi connectivity index (χ0) is 19.1. The summed E-state index contributed by atoms with van der Waals surface area (Å²) in [6.45, 7) is 0.955. The molecule has 0 saturated heterocycles. The molecule has 0 aromatic heterocycles. The summed E-state index contributed by atoms with van der Waals surface area (Å²) in [7, 11) is 0. The van der Waals surface area contributed by atoms with Crippen LogP contribution in [0.2, 0.25) is 0 Å². The van der Waals surface area contributed by atoms with E-state index in [1.807, 2.05) is 0 Å². The van der Waals surface area contributed by atoms with Crippen LogP contribution < -0.4 is 11.1 Å². The summed E-state index contributed by atoms with van der Waals surface area (Å²) in [6.07, 6.45) is 7.51. The van der Waals surface area contributed by atoms with Crippen molar-refractivity contribution < 1.29 is 24.3 Å². The molecule has 8 nitrogen and oxygen atoms in total. The van der Waals surface area contributed by atoms with E-state index in [2.05, 4.69) is 5.32 Å². The molecular weight excluding hydrogens is 338 g/mol. The smallest absolute Gasteiger partial charge is 0.320 e. The fraction of sp³-hybridized carbons (Fsp3) is 0.667. The van der Waals surface area contributed by atoms with Gasteiger partial charge in [0.1, 0.15) is 6.04 Å². The van der Waals surface area contributed by atoms with Gasteiger partial charge < -0.3 is 16.2 Å². The van der Waals surface area contributed by atoms with Crippen molar-refractivity contribution in [2.24, 2.45) is 17.6 Å². The summed E-state index contributed by atoms with van der Waals surface area (Å²) < 4.78 is 0. The van der Waals surface area contributed by atoms with E-state index in [0.29, 0.717) is 32.4 Å². The molecule has 1 fully saturated rings. The molecule has 2 rings (SSSR count). The highest BCUT2D eigenvalue weighted by atomic mass is 16.4. The number of carbonyl (C=O) groups excluding carboxylic acids is 3. The van der Waals surface area contributed by atoms with Crippen LogP contribution in [0.25, 0.3) is 0 Å². The molecule has 0 spiro atoms. The van der Waals surface area contributed by atoms with Gasteiger partial charge in [-0.3, -0.25) is 24.1 Å². The standard InChI is InChI=1S/C18H27N3O5/c19-14(18(25)26)3-1-2-10-20-17(24)13-6-4-12(5-7-13)11-21-15(22)8-9-16(21)23/h8-9,12-14H,1-7,10-11,19H2,(H,20,24)(H,25,26). The van der Waals surface area contributed by atoms with Gasteiger partial charge in [0.2, 0.25) is 5.91 Å². The molecule has 1 unspecified atom stereocenters. The third-order valence-electron chi connectivity index (χ3n) is 5.12. The summed E-state index contributed by atoms with van der Waals surface area (Å²) in [4.78, 5) is 47.3. The predicted octanol–water partition coefficient (Wildman–Crippen LogP) is 0.416. The Morgan fingerprint density at radius 2 is 1.77 bits per heavy atom. The van der Waals surface area contributed by atoms with Crippen LogP contribution in [0.4, 0.5) is 0 Å². The fourth-order valence-corrected chi connectivity index (χ4v) is 3.45. The number of carbonyl (C=O) groups is 4. The second-order valence-electron chi connectivity index (χ2n) is 7.07. The second kappa shape index (κ2) is 9.47. The van der Waals surface area contributed by atoms with Gasteiger partial charge in [0.15, 0.2) is 0 Å². The lowest BCUT2D eigenvalue weighted by molar-refractivity contribution is -0.139. The molecule has 1 aliphatic carbocycles. The number of unbranched alkanes of at least 4 members (excludes halogenated alkanes) is 1. The fourth-order valence-electron chi connectivity index (χ4n) is 3.45. The SMILES string of the molecule is NC(CCCCNC(=O)C1CCC(CN2C(=O)C=CC2=O)CC1)C(=O)O. The minimum Gasteiger partial charge on any atom is -0.480 e. The number of rotatable bonds is 9. The number of hydrogen-bond acceptors (Lipinski definition) is 5. The Kier molecular flexibility index (Phi) is 7.32. The van der Waals surface area contributed by atoms with Crippen molar-refractivity contribution in [2.45, 2.75) is 51.0 Å². The predicted molar refractivity (Wildman–Crippen MR) is 93.8 cm³/mol. The van der Waals surface area contributed by atoms with Gasteiger partial charge in [-0.05, 0) is 50.9 Å². The first-order valence-electron chi connectivity index (χ1n) is 9.18. The molecule has 26 heavy (non-hydrogen) atoms. The lowest BCUT2D eigenvalue weighted by Crippen LogP contribution is -2.38. The Labute approximate surface area is 152 Å². The number of amides is 3. The normalized spacial score (nSPS) is 24.0. The number of nitrogens with zero attached hydrogens (tertiary/aromatic N) is 1. The van der Waals surface area contributed by atoms with E-state index in [0.717, 1.165) is 25.7 Å². The minimum atomic E-state index is -1.00. The molecule has 8 heteroatoms. The number of imide groups is 1. The van der Waals surface area contributed by atoms with Crippen LogP contribution in [0, 0.1) is 11.8 Å². The minimum absolute atomic E-state index is 0.0287. The number of carboxylic acid groups (broad SMARTS) is 1. The van der Waals surface area contributed by atoms with Crippen LogP contribution in [0.5, 0.6) is 0 Å². The average Bonchev–Trinajstić information content (AvgIpc) is 2.93. The largest absolute Gasteiger partial charge is 0.480 e. The number of hydrogen-bond donors (Lipinski definition) is 3. The van der Waals surface area contributed by atoms with Crippen LogP contribution in [0.1, 0.15) is 44.9 Å².